The average molecular weight is 192 g/mol. The van der Waals surface area contributed by atoms with Crippen molar-refractivity contribution in [2.45, 2.75) is 47.0 Å². The van der Waals surface area contributed by atoms with Crippen LogP contribution in [0.5, 0.6) is 0 Å². The average Bonchev–Trinajstić information content (AvgIpc) is 2.02. The molecule has 0 nitrogen and oxygen atoms in total. The van der Waals surface area contributed by atoms with Gasteiger partial charge in [-0.15, -0.1) is 0 Å². The van der Waals surface area contributed by atoms with Gasteiger partial charge < -0.3 is 0 Å². The number of allylic oxidation sites excluding steroid dienone is 2. The lowest BCUT2D eigenvalue weighted by molar-refractivity contribution is 0.138. The molecule has 0 aromatic carbocycles. The monoisotopic (exact) mass is 192 g/mol. The molecule has 0 bridgehead atoms. The first-order chi connectivity index (χ1) is 6.34. The Morgan fingerprint density at radius 2 is 1.71 bits per heavy atom. The van der Waals surface area contributed by atoms with E-state index in [2.05, 4.69) is 40.9 Å². The smallest absolute Gasteiger partial charge is 0.0152 e. The van der Waals surface area contributed by atoms with Crippen LogP contribution in [0.3, 0.4) is 0 Å². The lowest BCUT2D eigenvalue weighted by Crippen LogP contribution is -2.32. The molecule has 0 N–H and O–H groups in total. The van der Waals surface area contributed by atoms with Gasteiger partial charge in [-0.25, -0.2) is 0 Å². The van der Waals surface area contributed by atoms with Gasteiger partial charge in [0.15, 0.2) is 0 Å². The Hall–Kier alpha value is -0.520. The molecule has 1 aliphatic rings. The van der Waals surface area contributed by atoms with Crippen LogP contribution in [-0.4, -0.2) is 0 Å². The van der Waals surface area contributed by atoms with Gasteiger partial charge in [0.2, 0.25) is 0 Å². The summed E-state index contributed by atoms with van der Waals surface area (Å²) in [5, 5.41) is 0. The predicted molar refractivity (Wildman–Crippen MR) is 64.2 cm³/mol. The third-order valence-corrected chi connectivity index (χ3v) is 3.89. The van der Waals surface area contributed by atoms with E-state index in [9.17, 15) is 0 Å². The Morgan fingerprint density at radius 1 is 1.14 bits per heavy atom. The van der Waals surface area contributed by atoms with Crippen LogP contribution in [0.25, 0.3) is 0 Å². The zero-order valence-corrected chi connectivity index (χ0v) is 10.2. The largest absolute Gasteiger partial charge is 0.0999 e. The van der Waals surface area contributed by atoms with Crippen LogP contribution in [0.15, 0.2) is 24.3 Å². The Bertz CT molecular complexity index is 245. The Morgan fingerprint density at radius 3 is 2.14 bits per heavy atom. The first-order valence-electron chi connectivity index (χ1n) is 5.65. The molecular weight excluding hydrogens is 168 g/mol. The highest BCUT2D eigenvalue weighted by Gasteiger charge is 2.36. The summed E-state index contributed by atoms with van der Waals surface area (Å²) in [6, 6.07) is 0. The standard InChI is InChI=1S/C14H24/c1-10(2)12-7-8-14(5,6)13(9-12)11(3)4/h12-13H,1,3,7-9H2,2,4-6H3/t12-,13+/m1/s1. The van der Waals surface area contributed by atoms with E-state index in [0.29, 0.717) is 11.3 Å². The van der Waals surface area contributed by atoms with Crippen molar-refractivity contribution in [2.75, 3.05) is 0 Å². The molecule has 1 saturated carbocycles. The van der Waals surface area contributed by atoms with E-state index in [4.69, 9.17) is 0 Å². The first-order valence-corrected chi connectivity index (χ1v) is 5.65. The molecule has 1 fully saturated rings. The fourth-order valence-electron chi connectivity index (χ4n) is 2.76. The molecule has 0 aromatic rings. The van der Waals surface area contributed by atoms with Crippen LogP contribution in [0.2, 0.25) is 0 Å². The minimum Gasteiger partial charge on any atom is -0.0999 e. The quantitative estimate of drug-likeness (QED) is 0.562. The molecule has 0 radical (unpaired) electrons. The maximum Gasteiger partial charge on any atom is -0.0152 e. The molecule has 0 unspecified atom stereocenters. The van der Waals surface area contributed by atoms with E-state index in [1.807, 2.05) is 0 Å². The van der Waals surface area contributed by atoms with E-state index < -0.39 is 0 Å². The second-order valence-electron chi connectivity index (χ2n) is 5.71. The maximum atomic E-state index is 4.14. The van der Waals surface area contributed by atoms with E-state index in [-0.39, 0.29) is 0 Å². The van der Waals surface area contributed by atoms with E-state index in [1.54, 1.807) is 0 Å². The Labute approximate surface area is 89.1 Å². The van der Waals surface area contributed by atoms with E-state index in [0.717, 1.165) is 5.92 Å². The third kappa shape index (κ3) is 2.29. The van der Waals surface area contributed by atoms with Crippen LogP contribution in [-0.2, 0) is 0 Å². The molecule has 0 heterocycles. The van der Waals surface area contributed by atoms with Gasteiger partial charge >= 0.3 is 0 Å². The third-order valence-electron chi connectivity index (χ3n) is 3.89. The number of hydrogen-bond donors (Lipinski definition) is 0. The molecule has 0 spiro atoms. The molecule has 0 heteroatoms. The van der Waals surface area contributed by atoms with Crippen LogP contribution in [0, 0.1) is 17.3 Å². The first kappa shape index (κ1) is 11.6. The van der Waals surface area contributed by atoms with Gasteiger partial charge in [-0.1, -0.05) is 38.2 Å². The van der Waals surface area contributed by atoms with Gasteiger partial charge in [0.1, 0.15) is 0 Å². The molecular formula is C14H24. The van der Waals surface area contributed by atoms with Crippen molar-refractivity contribution < 1.29 is 0 Å². The summed E-state index contributed by atoms with van der Waals surface area (Å²) in [5.41, 5.74) is 3.14. The van der Waals surface area contributed by atoms with Crippen LogP contribution < -0.4 is 0 Å². The second-order valence-corrected chi connectivity index (χ2v) is 5.71. The SMILES string of the molecule is C=C(C)[C@@H]1CCC(C)(C)[C@H](C(=C)C)C1. The molecule has 14 heavy (non-hydrogen) atoms. The molecule has 2 atom stereocenters. The highest BCUT2D eigenvalue weighted by molar-refractivity contribution is 5.09. The zero-order valence-electron chi connectivity index (χ0n) is 10.2. The van der Waals surface area contributed by atoms with Crippen molar-refractivity contribution >= 4 is 0 Å². The lowest BCUT2D eigenvalue weighted by Gasteiger charge is -2.43. The molecule has 0 aliphatic heterocycles. The topological polar surface area (TPSA) is 0 Å². The van der Waals surface area contributed by atoms with Crippen LogP contribution in [0.4, 0.5) is 0 Å². The second kappa shape index (κ2) is 3.92. The van der Waals surface area contributed by atoms with Crippen molar-refractivity contribution in [2.24, 2.45) is 17.3 Å². The summed E-state index contributed by atoms with van der Waals surface area (Å²) in [7, 11) is 0. The molecule has 0 saturated heterocycles. The molecule has 0 amide bonds. The fourth-order valence-corrected chi connectivity index (χ4v) is 2.76. The van der Waals surface area contributed by atoms with Crippen LogP contribution >= 0.6 is 0 Å². The predicted octanol–water partition coefficient (Wildman–Crippen LogP) is 4.58. The van der Waals surface area contributed by atoms with Gasteiger partial charge in [-0.3, -0.25) is 0 Å². The van der Waals surface area contributed by atoms with Gasteiger partial charge in [0, 0.05) is 0 Å². The minimum absolute atomic E-state index is 0.442. The van der Waals surface area contributed by atoms with Gasteiger partial charge in [0.05, 0.1) is 0 Å². The molecule has 1 aliphatic carbocycles. The molecule has 80 valence electrons. The fraction of sp³-hybridized carbons (Fsp3) is 0.714. The summed E-state index contributed by atoms with van der Waals surface area (Å²) in [6.45, 7) is 17.3. The van der Waals surface area contributed by atoms with Gasteiger partial charge in [-0.2, -0.15) is 0 Å². The van der Waals surface area contributed by atoms with E-state index in [1.165, 1.54) is 30.4 Å². The summed E-state index contributed by atoms with van der Waals surface area (Å²) in [5.74, 6) is 1.41. The normalized spacial score (nSPS) is 31.1. The minimum atomic E-state index is 0.442. The summed E-state index contributed by atoms with van der Waals surface area (Å²) >= 11 is 0. The van der Waals surface area contributed by atoms with Gasteiger partial charge in [0.25, 0.3) is 0 Å². The maximum absolute atomic E-state index is 4.14. The van der Waals surface area contributed by atoms with E-state index >= 15 is 0 Å². The van der Waals surface area contributed by atoms with Crippen molar-refractivity contribution in [1.82, 2.24) is 0 Å². The molecule has 0 aromatic heterocycles. The highest BCUT2D eigenvalue weighted by atomic mass is 14.4. The zero-order chi connectivity index (χ0) is 10.9. The summed E-state index contributed by atoms with van der Waals surface area (Å²) in [6.07, 6.45) is 3.88. The van der Waals surface area contributed by atoms with Crippen LogP contribution in [0.1, 0.15) is 47.0 Å². The van der Waals surface area contributed by atoms with Crippen molar-refractivity contribution in [3.8, 4) is 0 Å². The Balaban J connectivity index is 2.77. The summed E-state index contributed by atoms with van der Waals surface area (Å²) in [4.78, 5) is 0. The molecule has 1 rings (SSSR count). The highest BCUT2D eigenvalue weighted by Crippen LogP contribution is 2.47. The lowest BCUT2D eigenvalue weighted by atomic mass is 9.62. The summed E-state index contributed by atoms with van der Waals surface area (Å²) < 4.78 is 0. The van der Waals surface area contributed by atoms with Crippen molar-refractivity contribution in [3.63, 3.8) is 0 Å². The van der Waals surface area contributed by atoms with Gasteiger partial charge in [-0.05, 0) is 50.4 Å². The number of rotatable bonds is 2. The van der Waals surface area contributed by atoms with Crippen molar-refractivity contribution in [3.05, 3.63) is 24.3 Å². The Kier molecular flexibility index (Phi) is 3.24. The number of hydrogen-bond acceptors (Lipinski definition) is 0. The van der Waals surface area contributed by atoms with Crippen molar-refractivity contribution in [1.29, 1.82) is 0 Å².